The van der Waals surface area contributed by atoms with E-state index in [2.05, 4.69) is 5.32 Å². The number of nitrogens with zero attached hydrogens (tertiary/aromatic N) is 1. The molecule has 0 aliphatic rings. The van der Waals surface area contributed by atoms with Gasteiger partial charge in [-0.1, -0.05) is 11.6 Å². The van der Waals surface area contributed by atoms with E-state index in [1.165, 1.54) is 6.92 Å². The Hall–Kier alpha value is -2.53. The summed E-state index contributed by atoms with van der Waals surface area (Å²) < 4.78 is 5.62. The highest BCUT2D eigenvalue weighted by atomic mass is 35.5. The standard InChI is InChI=1S/C21H25ClN2O3/c1-14(2)27-19-8-6-18(7-9-19)24(16(4)25)12-11-21(26)23-20-10-5-17(22)13-15(20)3/h5-10,13-14H,11-12H2,1-4H3,(H,23,26). The summed E-state index contributed by atoms with van der Waals surface area (Å²) in [6, 6.07) is 12.6. The van der Waals surface area contributed by atoms with Crippen molar-refractivity contribution in [1.29, 1.82) is 0 Å². The van der Waals surface area contributed by atoms with Gasteiger partial charge in [-0.15, -0.1) is 0 Å². The summed E-state index contributed by atoms with van der Waals surface area (Å²) in [6.07, 6.45) is 0.270. The number of carbonyl (C=O) groups is 2. The molecule has 0 aromatic heterocycles. The number of aryl methyl sites for hydroxylation is 1. The highest BCUT2D eigenvalue weighted by molar-refractivity contribution is 6.30. The van der Waals surface area contributed by atoms with Gasteiger partial charge < -0.3 is 15.0 Å². The number of nitrogens with one attached hydrogen (secondary N) is 1. The minimum atomic E-state index is -0.161. The van der Waals surface area contributed by atoms with Crippen LogP contribution in [0.4, 0.5) is 11.4 Å². The summed E-state index contributed by atoms with van der Waals surface area (Å²) >= 11 is 5.93. The van der Waals surface area contributed by atoms with Gasteiger partial charge in [-0.2, -0.15) is 0 Å². The quantitative estimate of drug-likeness (QED) is 0.739. The number of hydrogen-bond donors (Lipinski definition) is 1. The van der Waals surface area contributed by atoms with Crippen molar-refractivity contribution < 1.29 is 14.3 Å². The molecule has 27 heavy (non-hydrogen) atoms. The highest BCUT2D eigenvalue weighted by Gasteiger charge is 2.14. The fourth-order valence-corrected chi connectivity index (χ4v) is 2.87. The number of hydrogen-bond acceptors (Lipinski definition) is 3. The monoisotopic (exact) mass is 388 g/mol. The van der Waals surface area contributed by atoms with Crippen LogP contribution in [0.15, 0.2) is 42.5 Å². The van der Waals surface area contributed by atoms with Crippen molar-refractivity contribution in [2.45, 2.75) is 40.2 Å². The first-order valence-corrected chi connectivity index (χ1v) is 9.25. The van der Waals surface area contributed by atoms with Gasteiger partial charge in [0, 0.05) is 36.3 Å². The molecule has 5 nitrogen and oxygen atoms in total. The van der Waals surface area contributed by atoms with Crippen molar-refractivity contribution in [3.63, 3.8) is 0 Å². The number of rotatable bonds is 7. The van der Waals surface area contributed by atoms with Crippen molar-refractivity contribution in [2.75, 3.05) is 16.8 Å². The fourth-order valence-electron chi connectivity index (χ4n) is 2.64. The smallest absolute Gasteiger partial charge is 0.226 e. The first-order valence-electron chi connectivity index (χ1n) is 8.87. The van der Waals surface area contributed by atoms with Crippen LogP contribution in [0.3, 0.4) is 0 Å². The van der Waals surface area contributed by atoms with Gasteiger partial charge in [-0.05, 0) is 68.8 Å². The first kappa shape index (κ1) is 20.8. The second-order valence-electron chi connectivity index (χ2n) is 6.59. The Labute approximate surface area is 165 Å². The van der Waals surface area contributed by atoms with Crippen molar-refractivity contribution in [2.24, 2.45) is 0 Å². The number of amides is 2. The second-order valence-corrected chi connectivity index (χ2v) is 7.03. The van der Waals surface area contributed by atoms with Crippen LogP contribution in [0.1, 0.15) is 32.8 Å². The zero-order valence-electron chi connectivity index (χ0n) is 16.1. The zero-order chi connectivity index (χ0) is 20.0. The molecule has 0 saturated carbocycles. The molecule has 0 aliphatic carbocycles. The zero-order valence-corrected chi connectivity index (χ0v) is 16.8. The molecule has 144 valence electrons. The molecule has 2 aromatic rings. The Kier molecular flexibility index (Phi) is 7.25. The minimum Gasteiger partial charge on any atom is -0.491 e. The predicted molar refractivity (Wildman–Crippen MR) is 110 cm³/mol. The number of ether oxygens (including phenoxy) is 1. The molecule has 0 unspecified atom stereocenters. The lowest BCUT2D eigenvalue weighted by atomic mass is 10.2. The summed E-state index contributed by atoms with van der Waals surface area (Å²) in [5.74, 6) is 0.461. The van der Waals surface area contributed by atoms with E-state index in [-0.39, 0.29) is 30.9 Å². The molecule has 0 heterocycles. The van der Waals surface area contributed by atoms with Crippen LogP contribution in [-0.2, 0) is 9.59 Å². The van der Waals surface area contributed by atoms with Crippen LogP contribution in [0.25, 0.3) is 0 Å². The van der Waals surface area contributed by atoms with E-state index in [4.69, 9.17) is 16.3 Å². The number of benzene rings is 2. The number of halogens is 1. The highest BCUT2D eigenvalue weighted by Crippen LogP contribution is 2.22. The Morgan fingerprint density at radius 2 is 1.81 bits per heavy atom. The molecule has 0 radical (unpaired) electrons. The number of carbonyl (C=O) groups excluding carboxylic acids is 2. The molecular formula is C21H25ClN2O3. The molecule has 0 bridgehead atoms. The SMILES string of the molecule is CC(=O)N(CCC(=O)Nc1ccc(Cl)cc1C)c1ccc(OC(C)C)cc1. The third-order valence-electron chi connectivity index (χ3n) is 3.93. The largest absolute Gasteiger partial charge is 0.491 e. The van der Waals surface area contributed by atoms with E-state index in [0.29, 0.717) is 10.7 Å². The van der Waals surface area contributed by atoms with Gasteiger partial charge in [0.2, 0.25) is 11.8 Å². The van der Waals surface area contributed by atoms with Crippen LogP contribution in [0.5, 0.6) is 5.75 Å². The third-order valence-corrected chi connectivity index (χ3v) is 4.16. The molecule has 2 rings (SSSR count). The third kappa shape index (κ3) is 6.29. The maximum atomic E-state index is 12.3. The van der Waals surface area contributed by atoms with E-state index in [1.54, 1.807) is 23.1 Å². The summed E-state index contributed by atoms with van der Waals surface area (Å²) in [6.45, 7) is 7.57. The van der Waals surface area contributed by atoms with Gasteiger partial charge in [-0.3, -0.25) is 9.59 Å². The maximum Gasteiger partial charge on any atom is 0.226 e. The van der Waals surface area contributed by atoms with E-state index in [1.807, 2.05) is 45.0 Å². The normalized spacial score (nSPS) is 10.6. The maximum absolute atomic E-state index is 12.3. The topological polar surface area (TPSA) is 58.6 Å². The fraction of sp³-hybridized carbons (Fsp3) is 0.333. The second kappa shape index (κ2) is 9.42. The van der Waals surface area contributed by atoms with Crippen LogP contribution in [0.2, 0.25) is 5.02 Å². The van der Waals surface area contributed by atoms with Gasteiger partial charge in [0.1, 0.15) is 5.75 Å². The molecule has 1 N–H and O–H groups in total. The summed E-state index contributed by atoms with van der Waals surface area (Å²) in [7, 11) is 0. The Morgan fingerprint density at radius 1 is 1.15 bits per heavy atom. The molecule has 0 saturated heterocycles. The Morgan fingerprint density at radius 3 is 2.37 bits per heavy atom. The van der Waals surface area contributed by atoms with Gasteiger partial charge in [0.05, 0.1) is 6.10 Å². The van der Waals surface area contributed by atoms with Gasteiger partial charge in [-0.25, -0.2) is 0 Å². The Balaban J connectivity index is 1.99. The van der Waals surface area contributed by atoms with Crippen molar-refractivity contribution in [3.05, 3.63) is 53.1 Å². The average molecular weight is 389 g/mol. The lowest BCUT2D eigenvalue weighted by Gasteiger charge is -2.21. The molecule has 0 fully saturated rings. The van der Waals surface area contributed by atoms with E-state index in [9.17, 15) is 9.59 Å². The van der Waals surface area contributed by atoms with Crippen LogP contribution < -0.4 is 15.0 Å². The molecule has 0 atom stereocenters. The molecule has 2 amide bonds. The summed E-state index contributed by atoms with van der Waals surface area (Å²) in [4.78, 5) is 25.9. The summed E-state index contributed by atoms with van der Waals surface area (Å²) in [5, 5.41) is 3.48. The lowest BCUT2D eigenvalue weighted by Crippen LogP contribution is -2.32. The molecule has 0 aliphatic heterocycles. The predicted octanol–water partition coefficient (Wildman–Crippen LogP) is 4.82. The minimum absolute atomic E-state index is 0.0831. The van der Waals surface area contributed by atoms with Crippen LogP contribution in [-0.4, -0.2) is 24.5 Å². The molecule has 6 heteroatoms. The lowest BCUT2D eigenvalue weighted by molar-refractivity contribution is -0.117. The van der Waals surface area contributed by atoms with E-state index in [0.717, 1.165) is 17.0 Å². The van der Waals surface area contributed by atoms with E-state index < -0.39 is 0 Å². The average Bonchev–Trinajstić information content (AvgIpc) is 2.58. The first-order chi connectivity index (χ1) is 12.8. The van der Waals surface area contributed by atoms with Crippen LogP contribution >= 0.6 is 11.6 Å². The van der Waals surface area contributed by atoms with E-state index >= 15 is 0 Å². The van der Waals surface area contributed by atoms with Crippen molar-refractivity contribution >= 4 is 34.8 Å². The van der Waals surface area contributed by atoms with Gasteiger partial charge in [0.25, 0.3) is 0 Å². The van der Waals surface area contributed by atoms with Crippen molar-refractivity contribution in [1.82, 2.24) is 0 Å². The van der Waals surface area contributed by atoms with Gasteiger partial charge >= 0.3 is 0 Å². The Bertz CT molecular complexity index is 804. The van der Waals surface area contributed by atoms with Crippen molar-refractivity contribution in [3.8, 4) is 5.75 Å². The molecular weight excluding hydrogens is 364 g/mol. The van der Waals surface area contributed by atoms with Gasteiger partial charge in [0.15, 0.2) is 0 Å². The molecule has 2 aromatic carbocycles. The summed E-state index contributed by atoms with van der Waals surface area (Å²) in [5.41, 5.74) is 2.34. The van der Waals surface area contributed by atoms with Crippen LogP contribution in [0, 0.1) is 6.92 Å². The molecule has 0 spiro atoms. The number of anilines is 2.